The van der Waals surface area contributed by atoms with E-state index >= 15 is 0 Å². The number of benzene rings is 3. The number of hydrogen-bond donors (Lipinski definition) is 2. The summed E-state index contributed by atoms with van der Waals surface area (Å²) < 4.78 is 1.39. The lowest BCUT2D eigenvalue weighted by atomic mass is 10.0. The predicted molar refractivity (Wildman–Crippen MR) is 141 cm³/mol. The number of rotatable bonds is 5. The average Bonchev–Trinajstić information content (AvgIpc) is 2.88. The maximum Gasteiger partial charge on any atom is 0.229 e. The van der Waals surface area contributed by atoms with Crippen LogP contribution in [0.4, 0.5) is 17.2 Å². The fourth-order valence-corrected chi connectivity index (χ4v) is 4.70. The van der Waals surface area contributed by atoms with Crippen LogP contribution in [0.25, 0.3) is 22.0 Å². The van der Waals surface area contributed by atoms with Crippen LogP contribution in [0.3, 0.4) is 0 Å². The summed E-state index contributed by atoms with van der Waals surface area (Å²) in [7, 11) is 1.91. The Bertz CT molecular complexity index is 1490. The third-order valence-corrected chi connectivity index (χ3v) is 6.65. The number of halogens is 1. The molecule has 1 saturated heterocycles. The first kappa shape index (κ1) is 22.8. The third kappa shape index (κ3) is 4.31. The second kappa shape index (κ2) is 9.35. The van der Waals surface area contributed by atoms with Crippen LogP contribution >= 0.6 is 11.6 Å². The van der Waals surface area contributed by atoms with Gasteiger partial charge in [0.1, 0.15) is 5.82 Å². The minimum Gasteiger partial charge on any atom is -0.329 e. The number of carbonyl (C=O) groups is 1. The van der Waals surface area contributed by atoms with Gasteiger partial charge in [-0.15, -0.1) is 0 Å². The van der Waals surface area contributed by atoms with Crippen LogP contribution in [0.5, 0.6) is 0 Å². The van der Waals surface area contributed by atoms with Gasteiger partial charge in [-0.2, -0.15) is 4.98 Å². The van der Waals surface area contributed by atoms with Crippen molar-refractivity contribution in [2.45, 2.75) is 19.3 Å². The molecule has 0 unspecified atom stereocenters. The molecule has 7 nitrogen and oxygen atoms in total. The molecule has 1 fully saturated rings. The summed E-state index contributed by atoms with van der Waals surface area (Å²) in [6, 6.07) is 21.6. The molecule has 2 N–H and O–H groups in total. The fourth-order valence-electron chi connectivity index (χ4n) is 4.54. The number of fused-ring (bicyclic) bond motifs is 1. The lowest BCUT2D eigenvalue weighted by Gasteiger charge is -2.27. The Labute approximate surface area is 208 Å². The van der Waals surface area contributed by atoms with Crippen LogP contribution in [-0.4, -0.2) is 35.4 Å². The molecular formula is C27H25ClN6O. The maximum atomic E-state index is 12.3. The zero-order valence-electron chi connectivity index (χ0n) is 19.3. The lowest BCUT2D eigenvalue weighted by Crippen LogP contribution is -2.35. The second-order valence-corrected chi connectivity index (χ2v) is 9.01. The van der Waals surface area contributed by atoms with Crippen molar-refractivity contribution >= 4 is 51.9 Å². The number of piperidine rings is 1. The quantitative estimate of drug-likeness (QED) is 0.286. The first-order valence-electron chi connectivity index (χ1n) is 11.5. The van der Waals surface area contributed by atoms with Gasteiger partial charge in [-0.25, -0.2) is 0 Å². The SMILES string of the molecule is CN(c1cccc(-c2ccc(N3CCCCC3=O)cc2)c1)c1nc(=N)n(C=N)c2cc(Cl)ccc12. The van der Waals surface area contributed by atoms with Gasteiger partial charge in [0, 0.05) is 41.8 Å². The summed E-state index contributed by atoms with van der Waals surface area (Å²) in [6.07, 6.45) is 3.69. The van der Waals surface area contributed by atoms with Crippen molar-refractivity contribution in [3.63, 3.8) is 0 Å². The van der Waals surface area contributed by atoms with Gasteiger partial charge in [-0.1, -0.05) is 35.9 Å². The lowest BCUT2D eigenvalue weighted by molar-refractivity contribution is -0.119. The van der Waals surface area contributed by atoms with E-state index in [1.54, 1.807) is 12.1 Å². The van der Waals surface area contributed by atoms with Crippen LogP contribution in [0.2, 0.25) is 5.02 Å². The van der Waals surface area contributed by atoms with Crippen molar-refractivity contribution in [3.05, 3.63) is 77.4 Å². The summed E-state index contributed by atoms with van der Waals surface area (Å²) in [6.45, 7) is 0.775. The second-order valence-electron chi connectivity index (χ2n) is 8.58. The van der Waals surface area contributed by atoms with Gasteiger partial charge in [-0.3, -0.25) is 20.2 Å². The van der Waals surface area contributed by atoms with E-state index in [0.29, 0.717) is 22.8 Å². The smallest absolute Gasteiger partial charge is 0.229 e. The highest BCUT2D eigenvalue weighted by Gasteiger charge is 2.19. The van der Waals surface area contributed by atoms with Crippen LogP contribution < -0.4 is 15.4 Å². The molecular weight excluding hydrogens is 460 g/mol. The molecule has 1 aliphatic rings. The van der Waals surface area contributed by atoms with Gasteiger partial charge in [0.25, 0.3) is 0 Å². The number of aromatic nitrogens is 2. The number of anilines is 3. The molecule has 4 aromatic rings. The van der Waals surface area contributed by atoms with E-state index in [0.717, 1.165) is 53.6 Å². The van der Waals surface area contributed by atoms with Crippen LogP contribution in [0.1, 0.15) is 19.3 Å². The largest absolute Gasteiger partial charge is 0.329 e. The molecule has 1 aliphatic heterocycles. The molecule has 0 aliphatic carbocycles. The Morgan fingerprint density at radius 1 is 1.03 bits per heavy atom. The summed E-state index contributed by atoms with van der Waals surface area (Å²) >= 11 is 6.20. The Morgan fingerprint density at radius 3 is 2.57 bits per heavy atom. The summed E-state index contributed by atoms with van der Waals surface area (Å²) in [5.74, 6) is 0.797. The van der Waals surface area contributed by atoms with E-state index in [1.807, 2.05) is 65.4 Å². The van der Waals surface area contributed by atoms with Crippen LogP contribution in [-0.2, 0) is 4.79 Å². The average molecular weight is 485 g/mol. The third-order valence-electron chi connectivity index (χ3n) is 6.42. The minimum absolute atomic E-state index is 0.0457. The van der Waals surface area contributed by atoms with Crippen molar-refractivity contribution in [1.82, 2.24) is 9.55 Å². The Hall–Kier alpha value is -3.97. The summed E-state index contributed by atoms with van der Waals surface area (Å²) in [5.41, 5.74) is 4.54. The first-order valence-corrected chi connectivity index (χ1v) is 11.9. The van der Waals surface area contributed by atoms with Gasteiger partial charge >= 0.3 is 0 Å². The van der Waals surface area contributed by atoms with Crippen molar-refractivity contribution in [1.29, 1.82) is 10.8 Å². The maximum absolute atomic E-state index is 12.3. The van der Waals surface area contributed by atoms with Gasteiger partial charge < -0.3 is 9.80 Å². The molecule has 8 heteroatoms. The Balaban J connectivity index is 1.50. The zero-order chi connectivity index (χ0) is 24.5. The standard InChI is InChI=1S/C27H25ClN6O/c1-32(26-23-13-10-20(28)16-24(23)34(17-29)27(30)31-26)22-6-4-5-19(15-22)18-8-11-21(12-9-18)33-14-3-2-7-25(33)35/h4-6,8-13,15-17,29-30H,2-3,7,14H2,1H3. The molecule has 0 bridgehead atoms. The highest BCUT2D eigenvalue weighted by atomic mass is 35.5. The molecule has 0 saturated carbocycles. The highest BCUT2D eigenvalue weighted by Crippen LogP contribution is 2.32. The summed E-state index contributed by atoms with van der Waals surface area (Å²) in [5, 5.41) is 17.3. The molecule has 1 amide bonds. The van der Waals surface area contributed by atoms with Gasteiger partial charge in [0.05, 0.1) is 11.9 Å². The van der Waals surface area contributed by atoms with E-state index in [4.69, 9.17) is 22.4 Å². The summed E-state index contributed by atoms with van der Waals surface area (Å²) in [4.78, 5) is 20.5. The molecule has 5 rings (SSSR count). The van der Waals surface area contributed by atoms with E-state index in [9.17, 15) is 4.79 Å². The van der Waals surface area contributed by atoms with E-state index in [-0.39, 0.29) is 11.5 Å². The molecule has 0 radical (unpaired) electrons. The monoisotopic (exact) mass is 484 g/mol. The number of nitrogens with one attached hydrogen (secondary N) is 2. The van der Waals surface area contributed by atoms with Crippen molar-refractivity contribution in [2.24, 2.45) is 0 Å². The Kier molecular flexibility index (Phi) is 6.09. The molecule has 3 aromatic carbocycles. The van der Waals surface area contributed by atoms with E-state index < -0.39 is 0 Å². The normalized spacial score (nSPS) is 13.8. The van der Waals surface area contributed by atoms with Crippen molar-refractivity contribution < 1.29 is 4.79 Å². The highest BCUT2D eigenvalue weighted by molar-refractivity contribution is 6.31. The van der Waals surface area contributed by atoms with Gasteiger partial charge in [-0.05, 0) is 66.4 Å². The molecule has 35 heavy (non-hydrogen) atoms. The number of carbonyl (C=O) groups excluding carboxylic acids is 1. The first-order chi connectivity index (χ1) is 17.0. The van der Waals surface area contributed by atoms with Gasteiger partial charge in [0.15, 0.2) is 0 Å². The Morgan fingerprint density at radius 2 is 1.83 bits per heavy atom. The van der Waals surface area contributed by atoms with Crippen LogP contribution in [0, 0.1) is 10.8 Å². The molecule has 2 heterocycles. The molecule has 0 spiro atoms. The minimum atomic E-state index is -0.0457. The number of amides is 1. The van der Waals surface area contributed by atoms with Crippen LogP contribution in [0.15, 0.2) is 66.7 Å². The van der Waals surface area contributed by atoms with Crippen molar-refractivity contribution in [3.8, 4) is 11.1 Å². The number of hydrogen-bond acceptors (Lipinski definition) is 5. The topological polar surface area (TPSA) is 89.1 Å². The zero-order valence-corrected chi connectivity index (χ0v) is 20.1. The van der Waals surface area contributed by atoms with E-state index in [2.05, 4.69) is 11.1 Å². The van der Waals surface area contributed by atoms with Crippen molar-refractivity contribution in [2.75, 3.05) is 23.4 Å². The van der Waals surface area contributed by atoms with E-state index in [1.165, 1.54) is 4.57 Å². The molecule has 176 valence electrons. The predicted octanol–water partition coefficient (Wildman–Crippen LogP) is 5.58. The number of nitrogens with zero attached hydrogens (tertiary/aromatic N) is 4. The molecule has 1 aromatic heterocycles. The fraction of sp³-hybridized carbons (Fsp3) is 0.185. The van der Waals surface area contributed by atoms with Gasteiger partial charge in [0.2, 0.25) is 11.5 Å². The molecule has 0 atom stereocenters.